The number of imidazole rings is 2. The first kappa shape index (κ1) is 13.3. The molecule has 2 aromatic heterocycles. The summed E-state index contributed by atoms with van der Waals surface area (Å²) in [6, 6.07) is 10.6. The van der Waals surface area contributed by atoms with Gasteiger partial charge in [-0.3, -0.25) is 9.36 Å². The minimum absolute atomic E-state index is 0.187. The number of nitrogens with one attached hydrogen (secondary N) is 3. The predicted octanol–water partition coefficient (Wildman–Crippen LogP) is 2.00. The maximum Gasteiger partial charge on any atom is 0.326 e. The number of carbonyl (C=O) groups excluding carboxylic acids is 1. The molecule has 0 aliphatic rings. The van der Waals surface area contributed by atoms with Crippen LogP contribution < -0.4 is 11.0 Å². The maximum absolute atomic E-state index is 12.4. The van der Waals surface area contributed by atoms with Crippen molar-refractivity contribution in [2.24, 2.45) is 7.05 Å². The number of aromatic nitrogens is 4. The fourth-order valence-corrected chi connectivity index (χ4v) is 2.59. The van der Waals surface area contributed by atoms with E-state index in [-0.39, 0.29) is 11.6 Å². The second-order valence-electron chi connectivity index (χ2n) is 5.31. The van der Waals surface area contributed by atoms with E-state index in [0.29, 0.717) is 16.8 Å². The molecule has 0 saturated heterocycles. The van der Waals surface area contributed by atoms with Crippen LogP contribution in [0.5, 0.6) is 0 Å². The molecule has 2 heterocycles. The van der Waals surface area contributed by atoms with Crippen molar-refractivity contribution in [3.63, 3.8) is 0 Å². The Bertz CT molecular complexity index is 1100. The zero-order valence-corrected chi connectivity index (χ0v) is 12.3. The molecule has 4 aromatic rings. The van der Waals surface area contributed by atoms with Gasteiger partial charge < -0.3 is 15.3 Å². The van der Waals surface area contributed by atoms with Crippen LogP contribution in [0.1, 0.15) is 10.4 Å². The van der Waals surface area contributed by atoms with Crippen molar-refractivity contribution < 1.29 is 4.79 Å². The third kappa shape index (κ3) is 2.18. The van der Waals surface area contributed by atoms with Crippen LogP contribution in [0.25, 0.3) is 22.1 Å². The lowest BCUT2D eigenvalue weighted by Gasteiger charge is -2.05. The molecule has 3 N–H and O–H groups in total. The molecule has 4 rings (SSSR count). The summed E-state index contributed by atoms with van der Waals surface area (Å²) in [7, 11) is 1.69. The van der Waals surface area contributed by atoms with Gasteiger partial charge in [-0.2, -0.15) is 0 Å². The van der Waals surface area contributed by atoms with Crippen molar-refractivity contribution in [3.05, 3.63) is 58.8 Å². The van der Waals surface area contributed by atoms with E-state index in [9.17, 15) is 9.59 Å². The Hall–Kier alpha value is -3.35. The highest BCUT2D eigenvalue weighted by molar-refractivity contribution is 6.06. The minimum Gasteiger partial charge on any atom is -0.345 e. The topological polar surface area (TPSA) is 95.6 Å². The molecule has 0 unspecified atom stereocenters. The smallest absolute Gasteiger partial charge is 0.326 e. The van der Waals surface area contributed by atoms with Crippen LogP contribution in [0.3, 0.4) is 0 Å². The van der Waals surface area contributed by atoms with Crippen molar-refractivity contribution in [2.45, 2.75) is 0 Å². The molecule has 114 valence electrons. The van der Waals surface area contributed by atoms with Crippen LogP contribution in [0, 0.1) is 0 Å². The van der Waals surface area contributed by atoms with Gasteiger partial charge in [-0.1, -0.05) is 0 Å². The molecule has 2 aromatic carbocycles. The van der Waals surface area contributed by atoms with E-state index in [4.69, 9.17) is 0 Å². The number of hydrogen-bond acceptors (Lipinski definition) is 3. The Morgan fingerprint density at radius 1 is 1.17 bits per heavy atom. The third-order valence-electron chi connectivity index (χ3n) is 3.84. The number of H-pyrrole nitrogens is 2. The van der Waals surface area contributed by atoms with Gasteiger partial charge in [-0.25, -0.2) is 9.78 Å². The van der Waals surface area contributed by atoms with Gasteiger partial charge in [0.05, 0.1) is 28.4 Å². The summed E-state index contributed by atoms with van der Waals surface area (Å²) in [6.07, 6.45) is 1.59. The van der Waals surface area contributed by atoms with E-state index in [1.165, 1.54) is 4.57 Å². The number of hydrogen-bond donors (Lipinski definition) is 3. The fraction of sp³-hybridized carbons (Fsp3) is 0.0625. The van der Waals surface area contributed by atoms with Gasteiger partial charge in [0.15, 0.2) is 0 Å². The molecular formula is C16H13N5O2. The Balaban J connectivity index is 1.66. The monoisotopic (exact) mass is 307 g/mol. The number of carbonyl (C=O) groups is 1. The Morgan fingerprint density at radius 3 is 2.91 bits per heavy atom. The molecule has 7 nitrogen and oxygen atoms in total. The summed E-state index contributed by atoms with van der Waals surface area (Å²) >= 11 is 0. The van der Waals surface area contributed by atoms with Crippen molar-refractivity contribution in [3.8, 4) is 0 Å². The SMILES string of the molecule is Cn1c(=O)[nH]c2cc(NC(=O)c3ccc4nc[nH]c4c3)ccc21. The van der Waals surface area contributed by atoms with Gasteiger partial charge >= 0.3 is 5.69 Å². The van der Waals surface area contributed by atoms with E-state index >= 15 is 0 Å². The number of nitrogens with zero attached hydrogens (tertiary/aromatic N) is 2. The largest absolute Gasteiger partial charge is 0.345 e. The van der Waals surface area contributed by atoms with E-state index in [2.05, 4.69) is 20.3 Å². The Kier molecular flexibility index (Phi) is 2.80. The second-order valence-corrected chi connectivity index (χ2v) is 5.31. The number of aromatic amines is 2. The molecule has 0 spiro atoms. The molecule has 0 atom stereocenters. The third-order valence-corrected chi connectivity index (χ3v) is 3.84. The first-order chi connectivity index (χ1) is 11.1. The number of fused-ring (bicyclic) bond motifs is 2. The average molecular weight is 307 g/mol. The van der Waals surface area contributed by atoms with Crippen LogP contribution in [0.4, 0.5) is 5.69 Å². The molecule has 0 fully saturated rings. The zero-order valence-electron chi connectivity index (χ0n) is 12.3. The molecule has 7 heteroatoms. The van der Waals surface area contributed by atoms with Gasteiger partial charge in [-0.15, -0.1) is 0 Å². The van der Waals surface area contributed by atoms with Gasteiger partial charge in [0, 0.05) is 18.3 Å². The van der Waals surface area contributed by atoms with Crippen molar-refractivity contribution >= 4 is 33.7 Å². The first-order valence-electron chi connectivity index (χ1n) is 7.05. The molecule has 23 heavy (non-hydrogen) atoms. The number of aryl methyl sites for hydroxylation is 1. The summed E-state index contributed by atoms with van der Waals surface area (Å²) in [5.41, 5.74) is 4.04. The van der Waals surface area contributed by atoms with E-state index in [1.807, 2.05) is 0 Å². The standard InChI is InChI=1S/C16H13N5O2/c1-21-14-5-3-10(7-13(14)20-16(21)23)19-15(22)9-2-4-11-12(6-9)18-8-17-11/h2-8H,1H3,(H,17,18)(H,19,22)(H,20,23). The number of anilines is 1. The van der Waals surface area contributed by atoms with Crippen LogP contribution in [-0.4, -0.2) is 25.4 Å². The van der Waals surface area contributed by atoms with E-state index in [1.54, 1.807) is 49.8 Å². The maximum atomic E-state index is 12.4. The lowest BCUT2D eigenvalue weighted by molar-refractivity contribution is 0.102. The quantitative estimate of drug-likeness (QED) is 0.528. The Morgan fingerprint density at radius 2 is 2.04 bits per heavy atom. The lowest BCUT2D eigenvalue weighted by Crippen LogP contribution is -2.11. The summed E-state index contributed by atoms with van der Waals surface area (Å²) in [4.78, 5) is 33.8. The highest BCUT2D eigenvalue weighted by Crippen LogP contribution is 2.18. The summed E-state index contributed by atoms with van der Waals surface area (Å²) in [5.74, 6) is -0.223. The van der Waals surface area contributed by atoms with Crippen molar-refractivity contribution in [1.82, 2.24) is 19.5 Å². The highest BCUT2D eigenvalue weighted by Gasteiger charge is 2.09. The minimum atomic E-state index is -0.223. The summed E-state index contributed by atoms with van der Waals surface area (Å²) < 4.78 is 1.52. The molecule has 0 bridgehead atoms. The molecule has 1 amide bonds. The van der Waals surface area contributed by atoms with Gasteiger partial charge in [0.25, 0.3) is 5.91 Å². The number of rotatable bonds is 2. The van der Waals surface area contributed by atoms with Gasteiger partial charge in [0.1, 0.15) is 0 Å². The van der Waals surface area contributed by atoms with Crippen molar-refractivity contribution in [1.29, 1.82) is 0 Å². The molecule has 0 saturated carbocycles. The lowest BCUT2D eigenvalue weighted by atomic mass is 10.2. The highest BCUT2D eigenvalue weighted by atomic mass is 16.2. The number of amides is 1. The molecule has 0 aliphatic carbocycles. The van der Waals surface area contributed by atoms with E-state index < -0.39 is 0 Å². The van der Waals surface area contributed by atoms with Crippen molar-refractivity contribution in [2.75, 3.05) is 5.32 Å². The first-order valence-corrected chi connectivity index (χ1v) is 7.05. The fourth-order valence-electron chi connectivity index (χ4n) is 2.59. The van der Waals surface area contributed by atoms with Crippen LogP contribution in [0.2, 0.25) is 0 Å². The van der Waals surface area contributed by atoms with E-state index in [0.717, 1.165) is 16.6 Å². The summed E-state index contributed by atoms with van der Waals surface area (Å²) in [5, 5.41) is 2.83. The van der Waals surface area contributed by atoms with Crippen LogP contribution in [0.15, 0.2) is 47.5 Å². The van der Waals surface area contributed by atoms with Crippen LogP contribution in [-0.2, 0) is 7.05 Å². The normalized spacial score (nSPS) is 11.2. The zero-order chi connectivity index (χ0) is 16.0. The molecule has 0 radical (unpaired) electrons. The Labute approximate surface area is 130 Å². The molecular weight excluding hydrogens is 294 g/mol. The second kappa shape index (κ2) is 4.84. The summed E-state index contributed by atoms with van der Waals surface area (Å²) in [6.45, 7) is 0. The predicted molar refractivity (Wildman–Crippen MR) is 87.6 cm³/mol. The van der Waals surface area contributed by atoms with Gasteiger partial charge in [-0.05, 0) is 36.4 Å². The van der Waals surface area contributed by atoms with Gasteiger partial charge in [0.2, 0.25) is 0 Å². The van der Waals surface area contributed by atoms with Crippen LogP contribution >= 0.6 is 0 Å². The molecule has 0 aliphatic heterocycles. The average Bonchev–Trinajstić information content (AvgIpc) is 3.11. The number of benzene rings is 2.